The molecule has 0 radical (unpaired) electrons. The Balaban J connectivity index is 2.39. The van der Waals surface area contributed by atoms with Gasteiger partial charge in [0.05, 0.1) is 36.9 Å². The molecule has 0 aliphatic rings. The Morgan fingerprint density at radius 2 is 2.10 bits per heavy atom. The van der Waals surface area contributed by atoms with Gasteiger partial charge in [0.15, 0.2) is 0 Å². The first kappa shape index (κ1) is 16.1. The number of nitro groups is 1. The number of nitrogens with zero attached hydrogens (tertiary/aromatic N) is 2. The van der Waals surface area contributed by atoms with E-state index in [4.69, 9.17) is 14.2 Å². The smallest absolute Gasteiger partial charge is 0.278 e. The summed E-state index contributed by atoms with van der Waals surface area (Å²) in [6.45, 7) is 2.01. The molecule has 0 spiro atoms. The average Bonchev–Trinajstić information content (AvgIpc) is 2.46. The van der Waals surface area contributed by atoms with Crippen LogP contribution in [0.1, 0.15) is 6.42 Å². The Hall–Kier alpha value is -1.93. The molecule has 8 heteroatoms. The Morgan fingerprint density at radius 1 is 1.30 bits per heavy atom. The number of ether oxygens (including phenoxy) is 3. The van der Waals surface area contributed by atoms with Gasteiger partial charge in [0.25, 0.3) is 5.69 Å². The fraction of sp³-hybridized carbons (Fsp3) is 0.583. The number of aromatic nitrogens is 1. The number of rotatable bonds is 10. The van der Waals surface area contributed by atoms with Gasteiger partial charge in [-0.2, -0.15) is 4.98 Å². The second kappa shape index (κ2) is 9.05. The molecule has 0 atom stereocenters. The van der Waals surface area contributed by atoms with Gasteiger partial charge in [0.1, 0.15) is 5.82 Å². The molecule has 8 nitrogen and oxygen atoms in total. The van der Waals surface area contributed by atoms with Crippen LogP contribution in [0.3, 0.4) is 0 Å². The molecule has 1 aromatic heterocycles. The Morgan fingerprint density at radius 3 is 2.75 bits per heavy atom. The first-order chi connectivity index (χ1) is 9.67. The van der Waals surface area contributed by atoms with Crippen molar-refractivity contribution in [3.05, 3.63) is 22.2 Å². The van der Waals surface area contributed by atoms with Crippen LogP contribution in [0, 0.1) is 10.1 Å². The van der Waals surface area contributed by atoms with Crippen molar-refractivity contribution < 1.29 is 19.1 Å². The van der Waals surface area contributed by atoms with Gasteiger partial charge in [0.2, 0.25) is 5.88 Å². The largest absolute Gasteiger partial charge is 0.477 e. The van der Waals surface area contributed by atoms with Crippen molar-refractivity contribution in [3.8, 4) is 5.88 Å². The van der Waals surface area contributed by atoms with Crippen molar-refractivity contribution in [2.24, 2.45) is 0 Å². The van der Waals surface area contributed by atoms with Crippen LogP contribution in [0.4, 0.5) is 11.5 Å². The molecule has 0 saturated carbocycles. The molecule has 0 fully saturated rings. The van der Waals surface area contributed by atoms with E-state index in [0.29, 0.717) is 38.7 Å². The van der Waals surface area contributed by atoms with Crippen LogP contribution in [0.2, 0.25) is 0 Å². The molecule has 1 rings (SSSR count). The Bertz CT molecular complexity index is 428. The number of pyridine rings is 1. The highest BCUT2D eigenvalue weighted by Crippen LogP contribution is 2.21. The normalized spacial score (nSPS) is 10.3. The van der Waals surface area contributed by atoms with Crippen molar-refractivity contribution in [3.63, 3.8) is 0 Å². The van der Waals surface area contributed by atoms with Crippen LogP contribution in [0.5, 0.6) is 5.88 Å². The molecule has 0 aliphatic heterocycles. The summed E-state index contributed by atoms with van der Waals surface area (Å²) >= 11 is 0. The molecule has 1 aromatic rings. The summed E-state index contributed by atoms with van der Waals surface area (Å²) in [6.07, 6.45) is 0.670. The van der Waals surface area contributed by atoms with Gasteiger partial charge in [-0.25, -0.2) is 0 Å². The van der Waals surface area contributed by atoms with E-state index in [1.165, 1.54) is 12.1 Å². The fourth-order valence-corrected chi connectivity index (χ4v) is 1.38. The third kappa shape index (κ3) is 5.81. The van der Waals surface area contributed by atoms with Gasteiger partial charge in [-0.3, -0.25) is 10.1 Å². The molecule has 0 unspecified atom stereocenters. The number of hydrogen-bond acceptors (Lipinski definition) is 7. The predicted molar refractivity (Wildman–Crippen MR) is 73.2 cm³/mol. The number of anilines is 1. The lowest BCUT2D eigenvalue weighted by atomic mass is 10.4. The second-order valence-electron chi connectivity index (χ2n) is 3.86. The topological polar surface area (TPSA) is 95.8 Å². The van der Waals surface area contributed by atoms with Crippen molar-refractivity contribution in [2.75, 3.05) is 45.9 Å². The summed E-state index contributed by atoms with van der Waals surface area (Å²) in [5.74, 6) is 0.617. The third-order valence-electron chi connectivity index (χ3n) is 2.37. The lowest BCUT2D eigenvalue weighted by Crippen LogP contribution is -2.07. The zero-order valence-corrected chi connectivity index (χ0v) is 11.6. The lowest BCUT2D eigenvalue weighted by Gasteiger charge is -2.07. The molecule has 0 aliphatic carbocycles. The molecule has 0 aromatic carbocycles. The molecular formula is C12H19N3O5. The van der Waals surface area contributed by atoms with Crippen LogP contribution < -0.4 is 10.1 Å². The van der Waals surface area contributed by atoms with Crippen LogP contribution in [0.25, 0.3) is 0 Å². The summed E-state index contributed by atoms with van der Waals surface area (Å²) in [7, 11) is 3.25. The molecule has 0 amide bonds. The third-order valence-corrected chi connectivity index (χ3v) is 2.37. The van der Waals surface area contributed by atoms with Crippen LogP contribution >= 0.6 is 0 Å². The first-order valence-corrected chi connectivity index (χ1v) is 6.21. The highest BCUT2D eigenvalue weighted by atomic mass is 16.6. The van der Waals surface area contributed by atoms with Crippen molar-refractivity contribution in [1.29, 1.82) is 0 Å². The van der Waals surface area contributed by atoms with E-state index in [1.54, 1.807) is 14.2 Å². The Labute approximate surface area is 117 Å². The maximum Gasteiger partial charge on any atom is 0.278 e. The molecule has 112 valence electrons. The lowest BCUT2D eigenvalue weighted by molar-refractivity contribution is -0.384. The van der Waals surface area contributed by atoms with Crippen molar-refractivity contribution >= 4 is 11.5 Å². The van der Waals surface area contributed by atoms with Crippen LogP contribution in [-0.2, 0) is 9.47 Å². The molecule has 1 N–H and O–H groups in total. The summed E-state index contributed by atoms with van der Waals surface area (Å²) in [4.78, 5) is 14.4. The highest BCUT2D eigenvalue weighted by Gasteiger charge is 2.11. The number of hydrogen-bond donors (Lipinski definition) is 1. The van der Waals surface area contributed by atoms with E-state index in [-0.39, 0.29) is 11.6 Å². The van der Waals surface area contributed by atoms with E-state index < -0.39 is 4.92 Å². The van der Waals surface area contributed by atoms with E-state index in [9.17, 15) is 10.1 Å². The van der Waals surface area contributed by atoms with Gasteiger partial charge < -0.3 is 19.5 Å². The van der Waals surface area contributed by atoms with Gasteiger partial charge >= 0.3 is 0 Å². The van der Waals surface area contributed by atoms with Crippen LogP contribution in [-0.4, -0.2) is 50.5 Å². The van der Waals surface area contributed by atoms with E-state index in [2.05, 4.69) is 10.3 Å². The quantitative estimate of drug-likeness (QED) is 0.395. The molecular weight excluding hydrogens is 266 g/mol. The van der Waals surface area contributed by atoms with Crippen LogP contribution in [0.15, 0.2) is 12.1 Å². The van der Waals surface area contributed by atoms with Gasteiger partial charge in [-0.05, 0) is 0 Å². The van der Waals surface area contributed by atoms with Gasteiger partial charge in [-0.1, -0.05) is 0 Å². The summed E-state index contributed by atoms with van der Waals surface area (Å²) < 4.78 is 15.5. The second-order valence-corrected chi connectivity index (χ2v) is 3.86. The van der Waals surface area contributed by atoms with Crippen molar-refractivity contribution in [1.82, 2.24) is 4.98 Å². The van der Waals surface area contributed by atoms with Gasteiger partial charge in [0, 0.05) is 27.2 Å². The standard InChI is InChI=1S/C12H19N3O5/c1-13-11-8-10(15(16)17)9-12(14-11)20-5-3-4-19-7-6-18-2/h8-9H,3-7H2,1-2H3,(H,13,14). The van der Waals surface area contributed by atoms with E-state index >= 15 is 0 Å². The maximum atomic E-state index is 10.8. The minimum atomic E-state index is -0.483. The molecule has 0 bridgehead atoms. The maximum absolute atomic E-state index is 10.8. The zero-order chi connectivity index (χ0) is 14.8. The zero-order valence-electron chi connectivity index (χ0n) is 11.6. The monoisotopic (exact) mass is 285 g/mol. The molecule has 0 saturated heterocycles. The first-order valence-electron chi connectivity index (χ1n) is 6.21. The van der Waals surface area contributed by atoms with E-state index in [1.807, 2.05) is 0 Å². The van der Waals surface area contributed by atoms with Gasteiger partial charge in [-0.15, -0.1) is 0 Å². The van der Waals surface area contributed by atoms with Crippen molar-refractivity contribution in [2.45, 2.75) is 6.42 Å². The summed E-state index contributed by atoms with van der Waals surface area (Å²) in [6, 6.07) is 2.65. The SMILES string of the molecule is CNc1cc([N+](=O)[O-])cc(OCCCOCCOC)n1. The predicted octanol–water partition coefficient (Wildman–Crippen LogP) is 1.46. The summed E-state index contributed by atoms with van der Waals surface area (Å²) in [5, 5.41) is 13.5. The minimum absolute atomic E-state index is 0.0595. The average molecular weight is 285 g/mol. The number of methoxy groups -OCH3 is 1. The molecule has 20 heavy (non-hydrogen) atoms. The minimum Gasteiger partial charge on any atom is -0.477 e. The molecule has 1 heterocycles. The Kier molecular flexibility index (Phi) is 7.30. The number of nitrogens with one attached hydrogen (secondary N) is 1. The van der Waals surface area contributed by atoms with E-state index in [0.717, 1.165) is 0 Å². The summed E-state index contributed by atoms with van der Waals surface area (Å²) in [5.41, 5.74) is -0.0595. The highest BCUT2D eigenvalue weighted by molar-refractivity contribution is 5.47. The fourth-order valence-electron chi connectivity index (χ4n) is 1.38.